The maximum atomic E-state index is 12.2. The Morgan fingerprint density at radius 3 is 2.48 bits per heavy atom. The van der Waals surface area contributed by atoms with Gasteiger partial charge in [-0.2, -0.15) is 0 Å². The normalized spacial score (nSPS) is 13.2. The molecule has 1 aromatic heterocycles. The number of benzene rings is 1. The number of aromatic nitrogens is 1. The van der Waals surface area contributed by atoms with Crippen LogP contribution in [0.1, 0.15) is 31.9 Å². The lowest BCUT2D eigenvalue weighted by molar-refractivity contribution is -0.128. The van der Waals surface area contributed by atoms with E-state index in [9.17, 15) is 4.79 Å². The molecular weight excluding hydrogens is 264 g/mol. The number of para-hydroxylation sites is 1. The average Bonchev–Trinajstić information content (AvgIpc) is 2.54. The van der Waals surface area contributed by atoms with Crippen LogP contribution in [0.3, 0.4) is 0 Å². The molecule has 2 rings (SSSR count). The van der Waals surface area contributed by atoms with Crippen LogP contribution in [-0.2, 0) is 4.79 Å². The van der Waals surface area contributed by atoms with E-state index in [-0.39, 0.29) is 11.9 Å². The minimum atomic E-state index is -0.539. The van der Waals surface area contributed by atoms with Crippen molar-refractivity contribution in [3.8, 4) is 5.75 Å². The summed E-state index contributed by atoms with van der Waals surface area (Å²) in [5.74, 6) is 0.569. The van der Waals surface area contributed by atoms with Crippen LogP contribution < -0.4 is 10.1 Å². The topological polar surface area (TPSA) is 51.2 Å². The zero-order valence-electron chi connectivity index (χ0n) is 12.3. The summed E-state index contributed by atoms with van der Waals surface area (Å²) >= 11 is 0. The van der Waals surface area contributed by atoms with E-state index in [0.29, 0.717) is 5.75 Å². The van der Waals surface area contributed by atoms with Gasteiger partial charge in [-0.05, 0) is 43.2 Å². The fraction of sp³-hybridized carbons (Fsp3) is 0.294. The molecule has 0 aliphatic heterocycles. The third-order valence-electron chi connectivity index (χ3n) is 3.26. The molecule has 0 saturated carbocycles. The Labute approximate surface area is 125 Å². The Morgan fingerprint density at radius 2 is 1.86 bits per heavy atom. The second-order valence-electron chi connectivity index (χ2n) is 4.82. The zero-order valence-corrected chi connectivity index (χ0v) is 12.3. The van der Waals surface area contributed by atoms with Gasteiger partial charge in [0.25, 0.3) is 5.91 Å². The number of hydrogen-bond donors (Lipinski definition) is 1. The largest absolute Gasteiger partial charge is 0.481 e. The van der Waals surface area contributed by atoms with E-state index in [1.165, 1.54) is 0 Å². The van der Waals surface area contributed by atoms with E-state index in [0.717, 1.165) is 12.0 Å². The standard InChI is InChI=1S/C17H20N2O2/c1-3-16(14-9-11-18-12-10-14)19-17(20)13(2)21-15-7-5-4-6-8-15/h4-13,16H,3H2,1-2H3,(H,19,20)/t13-,16+/m1/s1. The van der Waals surface area contributed by atoms with E-state index >= 15 is 0 Å². The highest BCUT2D eigenvalue weighted by Crippen LogP contribution is 2.16. The summed E-state index contributed by atoms with van der Waals surface area (Å²) in [7, 11) is 0. The molecule has 0 bridgehead atoms. The SMILES string of the molecule is CC[C@H](NC(=O)[C@@H](C)Oc1ccccc1)c1ccncc1. The summed E-state index contributed by atoms with van der Waals surface area (Å²) < 4.78 is 5.63. The van der Waals surface area contributed by atoms with E-state index in [1.54, 1.807) is 19.3 Å². The quantitative estimate of drug-likeness (QED) is 0.886. The maximum Gasteiger partial charge on any atom is 0.261 e. The molecule has 0 spiro atoms. The van der Waals surface area contributed by atoms with Gasteiger partial charge in [-0.1, -0.05) is 25.1 Å². The summed E-state index contributed by atoms with van der Waals surface area (Å²) in [6.07, 6.45) is 3.74. The zero-order chi connectivity index (χ0) is 15.1. The van der Waals surface area contributed by atoms with E-state index in [4.69, 9.17) is 4.74 Å². The number of carbonyl (C=O) groups excluding carboxylic acids is 1. The lowest BCUT2D eigenvalue weighted by Crippen LogP contribution is -2.38. The van der Waals surface area contributed by atoms with Gasteiger partial charge < -0.3 is 10.1 Å². The number of rotatable bonds is 6. The van der Waals surface area contributed by atoms with Gasteiger partial charge in [0.2, 0.25) is 0 Å². The molecule has 2 atom stereocenters. The van der Waals surface area contributed by atoms with Crippen LogP contribution in [0.5, 0.6) is 5.75 Å². The number of pyridine rings is 1. The summed E-state index contributed by atoms with van der Waals surface area (Å²) in [5, 5.41) is 3.01. The van der Waals surface area contributed by atoms with Gasteiger partial charge >= 0.3 is 0 Å². The van der Waals surface area contributed by atoms with Crippen molar-refractivity contribution in [1.29, 1.82) is 0 Å². The van der Waals surface area contributed by atoms with Crippen molar-refractivity contribution in [3.63, 3.8) is 0 Å². The van der Waals surface area contributed by atoms with Gasteiger partial charge in [0.05, 0.1) is 6.04 Å². The van der Waals surface area contributed by atoms with E-state index < -0.39 is 6.10 Å². The molecule has 0 fully saturated rings. The van der Waals surface area contributed by atoms with Gasteiger partial charge in [-0.25, -0.2) is 0 Å². The molecule has 0 aliphatic carbocycles. The highest BCUT2D eigenvalue weighted by molar-refractivity contribution is 5.81. The molecule has 0 saturated heterocycles. The van der Waals surface area contributed by atoms with Crippen LogP contribution in [0.4, 0.5) is 0 Å². The third-order valence-corrected chi connectivity index (χ3v) is 3.26. The van der Waals surface area contributed by atoms with Crippen molar-refractivity contribution in [2.45, 2.75) is 32.4 Å². The van der Waals surface area contributed by atoms with Crippen molar-refractivity contribution in [2.24, 2.45) is 0 Å². The van der Waals surface area contributed by atoms with Gasteiger partial charge in [-0.3, -0.25) is 9.78 Å². The Balaban J connectivity index is 1.96. The molecule has 1 amide bonds. The number of nitrogens with one attached hydrogen (secondary N) is 1. The fourth-order valence-electron chi connectivity index (χ4n) is 2.06. The van der Waals surface area contributed by atoms with Gasteiger partial charge in [0.15, 0.2) is 6.10 Å². The van der Waals surface area contributed by atoms with Crippen LogP contribution in [0.25, 0.3) is 0 Å². The number of ether oxygens (including phenoxy) is 1. The van der Waals surface area contributed by atoms with E-state index in [2.05, 4.69) is 10.3 Å². The van der Waals surface area contributed by atoms with Gasteiger partial charge in [-0.15, -0.1) is 0 Å². The molecule has 0 unspecified atom stereocenters. The Bertz CT molecular complexity index is 558. The second kappa shape index (κ2) is 7.43. The van der Waals surface area contributed by atoms with Gasteiger partial charge in [0.1, 0.15) is 5.75 Å². The minimum Gasteiger partial charge on any atom is -0.481 e. The molecular formula is C17H20N2O2. The molecule has 0 aliphatic rings. The molecule has 110 valence electrons. The number of nitrogens with zero attached hydrogens (tertiary/aromatic N) is 1. The molecule has 4 nitrogen and oxygen atoms in total. The van der Waals surface area contributed by atoms with Crippen molar-refractivity contribution in [2.75, 3.05) is 0 Å². The number of hydrogen-bond acceptors (Lipinski definition) is 3. The van der Waals surface area contributed by atoms with Crippen LogP contribution >= 0.6 is 0 Å². The molecule has 2 aromatic rings. The van der Waals surface area contributed by atoms with Crippen LogP contribution in [0, 0.1) is 0 Å². The monoisotopic (exact) mass is 284 g/mol. The molecule has 1 N–H and O–H groups in total. The van der Waals surface area contributed by atoms with Gasteiger partial charge in [0, 0.05) is 12.4 Å². The van der Waals surface area contributed by atoms with Crippen LogP contribution in [-0.4, -0.2) is 17.0 Å². The summed E-state index contributed by atoms with van der Waals surface area (Å²) in [4.78, 5) is 16.2. The lowest BCUT2D eigenvalue weighted by Gasteiger charge is -2.20. The van der Waals surface area contributed by atoms with Crippen molar-refractivity contribution in [1.82, 2.24) is 10.3 Å². The summed E-state index contributed by atoms with van der Waals surface area (Å²) in [6.45, 7) is 3.79. The fourth-order valence-corrected chi connectivity index (χ4v) is 2.06. The number of carbonyl (C=O) groups is 1. The third kappa shape index (κ3) is 4.31. The van der Waals surface area contributed by atoms with Crippen molar-refractivity contribution >= 4 is 5.91 Å². The first-order valence-electron chi connectivity index (χ1n) is 7.12. The lowest BCUT2D eigenvalue weighted by atomic mass is 10.1. The first kappa shape index (κ1) is 15.0. The Kier molecular flexibility index (Phi) is 5.32. The average molecular weight is 284 g/mol. The molecule has 0 radical (unpaired) electrons. The molecule has 1 heterocycles. The molecule has 4 heteroatoms. The molecule has 1 aromatic carbocycles. The maximum absolute atomic E-state index is 12.2. The number of amides is 1. The second-order valence-corrected chi connectivity index (χ2v) is 4.82. The predicted octanol–water partition coefficient (Wildman–Crippen LogP) is 3.12. The first-order chi connectivity index (χ1) is 10.2. The smallest absolute Gasteiger partial charge is 0.261 e. The first-order valence-corrected chi connectivity index (χ1v) is 7.12. The summed E-state index contributed by atoms with van der Waals surface area (Å²) in [6, 6.07) is 13.1. The minimum absolute atomic E-state index is 0.0256. The van der Waals surface area contributed by atoms with E-state index in [1.807, 2.05) is 49.4 Å². The Morgan fingerprint density at radius 1 is 1.19 bits per heavy atom. The Hall–Kier alpha value is -2.36. The molecule has 21 heavy (non-hydrogen) atoms. The predicted molar refractivity (Wildman–Crippen MR) is 81.9 cm³/mol. The van der Waals surface area contributed by atoms with Crippen LogP contribution in [0.15, 0.2) is 54.9 Å². The van der Waals surface area contributed by atoms with Crippen LogP contribution in [0.2, 0.25) is 0 Å². The highest BCUT2D eigenvalue weighted by Gasteiger charge is 2.19. The summed E-state index contributed by atoms with van der Waals surface area (Å²) in [5.41, 5.74) is 1.05. The van der Waals surface area contributed by atoms with Crippen molar-refractivity contribution in [3.05, 3.63) is 60.4 Å². The highest BCUT2D eigenvalue weighted by atomic mass is 16.5. The van der Waals surface area contributed by atoms with Crippen molar-refractivity contribution < 1.29 is 9.53 Å².